The van der Waals surface area contributed by atoms with Crippen LogP contribution in [0.5, 0.6) is 0 Å². The van der Waals surface area contributed by atoms with Crippen molar-refractivity contribution in [2.45, 2.75) is 62.0 Å². The number of halogens is 3. The van der Waals surface area contributed by atoms with E-state index in [1.54, 1.807) is 6.92 Å². The number of pyridine rings is 1. The third kappa shape index (κ3) is 5.12. The lowest BCUT2D eigenvalue weighted by atomic mass is 9.86. The molecule has 7 heteroatoms. The largest absolute Gasteiger partial charge is 0.417 e. The van der Waals surface area contributed by atoms with Crippen molar-refractivity contribution in [1.82, 2.24) is 10.3 Å². The van der Waals surface area contributed by atoms with Gasteiger partial charge in [0.2, 0.25) is 5.91 Å². The fraction of sp³-hybridized carbons (Fsp3) is 0.625. The highest BCUT2D eigenvalue weighted by Gasteiger charge is 2.31. The van der Waals surface area contributed by atoms with Gasteiger partial charge in [0, 0.05) is 12.2 Å². The number of aromatic nitrogens is 1. The first-order chi connectivity index (χ1) is 10.8. The summed E-state index contributed by atoms with van der Waals surface area (Å²) in [6.45, 7) is 3.88. The molecule has 0 aliphatic heterocycles. The van der Waals surface area contributed by atoms with Crippen molar-refractivity contribution in [1.29, 1.82) is 0 Å². The zero-order chi connectivity index (χ0) is 17.0. The molecule has 2 rings (SSSR count). The van der Waals surface area contributed by atoms with Gasteiger partial charge in [-0.3, -0.25) is 4.79 Å². The topological polar surface area (TPSA) is 42.0 Å². The summed E-state index contributed by atoms with van der Waals surface area (Å²) in [6, 6.07) is 2.49. The summed E-state index contributed by atoms with van der Waals surface area (Å²) in [5, 5.41) is 3.08. The van der Waals surface area contributed by atoms with Gasteiger partial charge < -0.3 is 5.32 Å². The fourth-order valence-electron chi connectivity index (χ4n) is 2.68. The standard InChI is InChI=1S/C16H21F3N2OS/c1-10-5-3-4-6-13(10)21-15(22)11(2)23-14-8-7-12(9-20-14)16(17,18)19/h7-11,13H,3-6H2,1-2H3,(H,21,22). The van der Waals surface area contributed by atoms with Gasteiger partial charge in [-0.05, 0) is 37.8 Å². The van der Waals surface area contributed by atoms with Crippen molar-refractivity contribution in [2.75, 3.05) is 0 Å². The zero-order valence-corrected chi connectivity index (χ0v) is 14.0. The molecule has 0 radical (unpaired) electrons. The predicted octanol–water partition coefficient (Wildman–Crippen LogP) is 4.28. The normalized spacial score (nSPS) is 23.3. The first kappa shape index (κ1) is 18.1. The van der Waals surface area contributed by atoms with Crippen LogP contribution in [0.1, 0.15) is 45.1 Å². The number of hydrogen-bond acceptors (Lipinski definition) is 3. The number of rotatable bonds is 4. The molecule has 1 saturated carbocycles. The van der Waals surface area contributed by atoms with E-state index in [2.05, 4.69) is 17.2 Å². The second-order valence-corrected chi connectivity index (χ2v) is 7.38. The van der Waals surface area contributed by atoms with Crippen molar-refractivity contribution in [2.24, 2.45) is 5.92 Å². The maximum absolute atomic E-state index is 12.5. The maximum Gasteiger partial charge on any atom is 0.417 e. The van der Waals surface area contributed by atoms with Crippen LogP contribution in [-0.4, -0.2) is 22.2 Å². The number of carbonyl (C=O) groups excluding carboxylic acids is 1. The van der Waals surface area contributed by atoms with E-state index < -0.39 is 17.0 Å². The van der Waals surface area contributed by atoms with Crippen LogP contribution in [0.3, 0.4) is 0 Å². The molecule has 1 aliphatic rings. The van der Waals surface area contributed by atoms with Gasteiger partial charge in [0.15, 0.2) is 0 Å². The summed E-state index contributed by atoms with van der Waals surface area (Å²) in [4.78, 5) is 16.0. The Labute approximate surface area is 138 Å². The molecule has 0 bridgehead atoms. The van der Waals surface area contributed by atoms with Crippen molar-refractivity contribution in [3.8, 4) is 0 Å². The maximum atomic E-state index is 12.5. The second kappa shape index (κ2) is 7.55. The molecule has 1 N–H and O–H groups in total. The molecule has 1 aliphatic carbocycles. The smallest absolute Gasteiger partial charge is 0.352 e. The lowest BCUT2D eigenvalue weighted by Gasteiger charge is -2.30. The van der Waals surface area contributed by atoms with Crippen LogP contribution < -0.4 is 5.32 Å². The lowest BCUT2D eigenvalue weighted by Crippen LogP contribution is -2.44. The van der Waals surface area contributed by atoms with E-state index >= 15 is 0 Å². The van der Waals surface area contributed by atoms with Gasteiger partial charge in [-0.15, -0.1) is 0 Å². The fourth-order valence-corrected chi connectivity index (χ4v) is 3.48. The van der Waals surface area contributed by atoms with Crippen LogP contribution in [0, 0.1) is 5.92 Å². The van der Waals surface area contributed by atoms with Gasteiger partial charge >= 0.3 is 6.18 Å². The summed E-state index contributed by atoms with van der Waals surface area (Å²) in [5.74, 6) is 0.379. The Balaban J connectivity index is 1.90. The summed E-state index contributed by atoms with van der Waals surface area (Å²) < 4.78 is 37.5. The summed E-state index contributed by atoms with van der Waals surface area (Å²) in [5.41, 5.74) is -0.782. The minimum Gasteiger partial charge on any atom is -0.352 e. The molecule has 1 aromatic heterocycles. The Morgan fingerprint density at radius 1 is 1.35 bits per heavy atom. The number of hydrogen-bond donors (Lipinski definition) is 1. The van der Waals surface area contributed by atoms with Gasteiger partial charge in [0.25, 0.3) is 0 Å². The number of carbonyl (C=O) groups is 1. The molecule has 1 fully saturated rings. The van der Waals surface area contributed by atoms with Gasteiger partial charge in [-0.2, -0.15) is 13.2 Å². The van der Waals surface area contributed by atoms with Crippen LogP contribution in [0.4, 0.5) is 13.2 Å². The summed E-state index contributed by atoms with van der Waals surface area (Å²) in [6.07, 6.45) is 0.840. The van der Waals surface area contributed by atoms with E-state index in [4.69, 9.17) is 0 Å². The Kier molecular flexibility index (Phi) is 5.95. The molecule has 0 saturated heterocycles. The van der Waals surface area contributed by atoms with Gasteiger partial charge in [0.1, 0.15) is 0 Å². The van der Waals surface area contributed by atoms with Gasteiger partial charge in [0.05, 0.1) is 15.8 Å². The van der Waals surface area contributed by atoms with Crippen molar-refractivity contribution < 1.29 is 18.0 Å². The van der Waals surface area contributed by atoms with Crippen LogP contribution in [-0.2, 0) is 11.0 Å². The highest BCUT2D eigenvalue weighted by Crippen LogP contribution is 2.30. The highest BCUT2D eigenvalue weighted by molar-refractivity contribution is 8.00. The monoisotopic (exact) mass is 346 g/mol. The van der Waals surface area contributed by atoms with Crippen LogP contribution in [0.25, 0.3) is 0 Å². The number of amides is 1. The van der Waals surface area contributed by atoms with E-state index in [1.807, 2.05) is 0 Å². The first-order valence-corrected chi connectivity index (χ1v) is 8.65. The lowest BCUT2D eigenvalue weighted by molar-refractivity contribution is -0.137. The van der Waals surface area contributed by atoms with Crippen LogP contribution >= 0.6 is 11.8 Å². The van der Waals surface area contributed by atoms with E-state index in [0.29, 0.717) is 10.9 Å². The average molecular weight is 346 g/mol. The molecule has 3 atom stereocenters. The molecular weight excluding hydrogens is 325 g/mol. The SMILES string of the molecule is CC(Sc1ccc(C(F)(F)F)cn1)C(=O)NC1CCCCC1C. The Morgan fingerprint density at radius 2 is 2.04 bits per heavy atom. The molecule has 3 unspecified atom stereocenters. The molecule has 0 spiro atoms. The number of nitrogens with one attached hydrogen (secondary N) is 1. The van der Waals surface area contributed by atoms with Crippen molar-refractivity contribution >= 4 is 17.7 Å². The van der Waals surface area contributed by atoms with Crippen molar-refractivity contribution in [3.05, 3.63) is 23.9 Å². The number of nitrogens with zero attached hydrogens (tertiary/aromatic N) is 1. The van der Waals surface area contributed by atoms with E-state index in [0.717, 1.165) is 31.5 Å². The third-order valence-electron chi connectivity index (χ3n) is 4.17. The van der Waals surface area contributed by atoms with Crippen LogP contribution in [0.2, 0.25) is 0 Å². The van der Waals surface area contributed by atoms with Crippen LogP contribution in [0.15, 0.2) is 23.4 Å². The van der Waals surface area contributed by atoms with Gasteiger partial charge in [-0.1, -0.05) is 31.5 Å². The van der Waals surface area contributed by atoms with E-state index in [9.17, 15) is 18.0 Å². The number of alkyl halides is 3. The quantitative estimate of drug-likeness (QED) is 0.828. The highest BCUT2D eigenvalue weighted by atomic mass is 32.2. The van der Waals surface area contributed by atoms with E-state index in [1.165, 1.54) is 24.2 Å². The third-order valence-corrected chi connectivity index (χ3v) is 5.22. The molecular formula is C16H21F3N2OS. The second-order valence-electron chi connectivity index (χ2n) is 6.02. The van der Waals surface area contributed by atoms with Gasteiger partial charge in [-0.25, -0.2) is 4.98 Å². The van der Waals surface area contributed by atoms with Crippen molar-refractivity contribution in [3.63, 3.8) is 0 Å². The molecule has 23 heavy (non-hydrogen) atoms. The first-order valence-electron chi connectivity index (χ1n) is 7.77. The summed E-state index contributed by atoms with van der Waals surface area (Å²) >= 11 is 1.17. The molecule has 1 amide bonds. The predicted molar refractivity (Wildman–Crippen MR) is 84.1 cm³/mol. The van der Waals surface area contributed by atoms with E-state index in [-0.39, 0.29) is 11.9 Å². The molecule has 1 aromatic rings. The minimum atomic E-state index is -4.39. The Morgan fingerprint density at radius 3 is 2.61 bits per heavy atom. The molecule has 128 valence electrons. The molecule has 1 heterocycles. The zero-order valence-electron chi connectivity index (χ0n) is 13.2. The Hall–Kier alpha value is -1.24. The number of thioether (sulfide) groups is 1. The molecule has 0 aromatic carbocycles. The molecule has 3 nitrogen and oxygen atoms in total. The average Bonchev–Trinajstić information content (AvgIpc) is 2.49. The Bertz CT molecular complexity index is 533. The summed E-state index contributed by atoms with van der Waals surface area (Å²) in [7, 11) is 0. The minimum absolute atomic E-state index is 0.0875.